The summed E-state index contributed by atoms with van der Waals surface area (Å²) in [6.45, 7) is 3.16. The van der Waals surface area contributed by atoms with Gasteiger partial charge >= 0.3 is 6.09 Å². The van der Waals surface area contributed by atoms with Gasteiger partial charge in [-0.3, -0.25) is 4.68 Å². The minimum Gasteiger partial charge on any atom is -0.489 e. The molecule has 0 saturated carbocycles. The van der Waals surface area contributed by atoms with Crippen molar-refractivity contribution in [2.75, 3.05) is 33.7 Å². The van der Waals surface area contributed by atoms with Crippen molar-refractivity contribution in [1.82, 2.24) is 19.6 Å². The van der Waals surface area contributed by atoms with Crippen molar-refractivity contribution in [2.24, 2.45) is 0 Å². The first-order valence-electron chi connectivity index (χ1n) is 14.5. The number of carboxylic acid groups (broad SMARTS) is 1. The van der Waals surface area contributed by atoms with E-state index in [1.807, 2.05) is 24.3 Å². The van der Waals surface area contributed by atoms with E-state index in [1.165, 1.54) is 10.3 Å². The number of hydrogen-bond donors (Lipinski definition) is 1. The lowest BCUT2D eigenvalue weighted by Crippen LogP contribution is -2.33. The van der Waals surface area contributed by atoms with E-state index in [0.29, 0.717) is 26.1 Å². The smallest absolute Gasteiger partial charge is 0.407 e. The minimum absolute atomic E-state index is 0.398. The van der Waals surface area contributed by atoms with Crippen molar-refractivity contribution in [1.29, 1.82) is 0 Å². The summed E-state index contributed by atoms with van der Waals surface area (Å²) in [5.74, 6) is 0.831. The molecule has 1 amide bonds. The Morgan fingerprint density at radius 1 is 0.976 bits per heavy atom. The lowest BCUT2D eigenvalue weighted by Gasteiger charge is -2.24. The summed E-state index contributed by atoms with van der Waals surface area (Å²) in [5.41, 5.74) is 6.52. The number of ether oxygens (including phenoxy) is 1. The first-order chi connectivity index (χ1) is 20.5. The van der Waals surface area contributed by atoms with Crippen LogP contribution in [0.15, 0.2) is 91.0 Å². The Balaban J connectivity index is 1.39. The van der Waals surface area contributed by atoms with Crippen LogP contribution in [0.25, 0.3) is 38.4 Å². The molecule has 5 aromatic rings. The molecule has 7 nitrogen and oxygen atoms in total. The zero-order valence-electron chi connectivity index (χ0n) is 24.2. The number of benzene rings is 4. The molecule has 1 N–H and O–H groups in total. The van der Waals surface area contributed by atoms with E-state index in [-0.39, 0.29) is 0 Å². The highest BCUT2D eigenvalue weighted by Crippen LogP contribution is 2.37. The van der Waals surface area contributed by atoms with Crippen LogP contribution >= 0.6 is 0 Å². The molecule has 0 radical (unpaired) electrons. The highest BCUT2D eigenvalue weighted by Gasteiger charge is 2.22. The lowest BCUT2D eigenvalue weighted by molar-refractivity contribution is 0.150. The third-order valence-electron chi connectivity index (χ3n) is 7.89. The van der Waals surface area contributed by atoms with Gasteiger partial charge in [0.1, 0.15) is 12.4 Å². The molecule has 0 spiro atoms. The lowest BCUT2D eigenvalue weighted by atomic mass is 9.95. The highest BCUT2D eigenvalue weighted by atomic mass is 16.5. The van der Waals surface area contributed by atoms with Crippen LogP contribution in [0, 0.1) is 0 Å². The number of nitrogens with zero attached hydrogens (tertiary/aromatic N) is 4. The molecule has 0 aliphatic carbocycles. The zero-order chi connectivity index (χ0) is 29.1. The zero-order valence-corrected chi connectivity index (χ0v) is 24.2. The molecule has 7 heteroatoms. The van der Waals surface area contributed by atoms with Crippen LogP contribution in [-0.4, -0.2) is 64.5 Å². The van der Waals surface area contributed by atoms with Gasteiger partial charge in [-0.1, -0.05) is 66.7 Å². The van der Waals surface area contributed by atoms with Gasteiger partial charge < -0.3 is 19.6 Å². The van der Waals surface area contributed by atoms with Crippen LogP contribution in [0.2, 0.25) is 0 Å². The van der Waals surface area contributed by atoms with Gasteiger partial charge in [0, 0.05) is 25.0 Å². The molecule has 0 fully saturated rings. The van der Waals surface area contributed by atoms with Crippen molar-refractivity contribution in [3.05, 3.63) is 102 Å². The van der Waals surface area contributed by atoms with E-state index in [9.17, 15) is 9.90 Å². The van der Waals surface area contributed by atoms with E-state index >= 15 is 0 Å². The van der Waals surface area contributed by atoms with Gasteiger partial charge in [0.25, 0.3) is 0 Å². The molecule has 0 saturated heterocycles. The maximum atomic E-state index is 11.5. The molecule has 0 atom stereocenters. The van der Waals surface area contributed by atoms with E-state index in [0.717, 1.165) is 69.5 Å². The summed E-state index contributed by atoms with van der Waals surface area (Å²) in [6, 6.07) is 29.4. The van der Waals surface area contributed by atoms with Crippen molar-refractivity contribution in [2.45, 2.75) is 26.0 Å². The fourth-order valence-corrected chi connectivity index (χ4v) is 5.74. The second kappa shape index (κ2) is 12.1. The number of hydrogen-bond acceptors (Lipinski definition) is 4. The second-order valence-electron chi connectivity index (χ2n) is 11.1. The predicted molar refractivity (Wildman–Crippen MR) is 169 cm³/mol. The number of aryl methyl sites for hydroxylation is 1. The number of aromatic nitrogens is 2. The number of rotatable bonds is 9. The topological polar surface area (TPSA) is 70.8 Å². The van der Waals surface area contributed by atoms with Gasteiger partial charge in [-0.25, -0.2) is 4.79 Å². The molecule has 1 aliphatic heterocycles. The number of carbonyl (C=O) groups is 1. The van der Waals surface area contributed by atoms with Crippen LogP contribution in [0.3, 0.4) is 0 Å². The Hall–Kier alpha value is -4.62. The summed E-state index contributed by atoms with van der Waals surface area (Å²) in [4.78, 5) is 15.1. The van der Waals surface area contributed by atoms with Crippen molar-refractivity contribution < 1.29 is 14.6 Å². The van der Waals surface area contributed by atoms with Crippen molar-refractivity contribution in [3.8, 4) is 16.9 Å². The standard InChI is InChI=1S/C35H36N4O3/c1-37(2)17-8-18-39-34(26-15-19-38(20-16-26)35(40)41)31-14-13-28(22-33(31)36-39)32-23-29(21-27-11-6-7-12-30(27)32)42-24-25-9-4-3-5-10-25/h3-7,9-15,21-23H,8,16-20,24H2,1-2H3,(H,40,41). The third kappa shape index (κ3) is 5.87. The van der Waals surface area contributed by atoms with E-state index in [4.69, 9.17) is 9.84 Å². The molecule has 214 valence electrons. The van der Waals surface area contributed by atoms with Crippen molar-refractivity contribution >= 4 is 33.3 Å². The molecule has 1 aliphatic rings. The monoisotopic (exact) mass is 560 g/mol. The fraction of sp³-hybridized carbons (Fsp3) is 0.257. The summed E-state index contributed by atoms with van der Waals surface area (Å²) in [5, 5.41) is 17.9. The average Bonchev–Trinajstić information content (AvgIpc) is 3.37. The first kappa shape index (κ1) is 27.5. The van der Waals surface area contributed by atoms with E-state index in [2.05, 4.69) is 90.4 Å². The summed E-state index contributed by atoms with van der Waals surface area (Å²) >= 11 is 0. The largest absolute Gasteiger partial charge is 0.489 e. The molecule has 42 heavy (non-hydrogen) atoms. The van der Waals surface area contributed by atoms with Gasteiger partial charge in [0.05, 0.1) is 11.2 Å². The summed E-state index contributed by atoms with van der Waals surface area (Å²) in [7, 11) is 4.16. The van der Waals surface area contributed by atoms with Crippen LogP contribution in [0.4, 0.5) is 4.79 Å². The van der Waals surface area contributed by atoms with E-state index < -0.39 is 6.09 Å². The van der Waals surface area contributed by atoms with Gasteiger partial charge in [0.15, 0.2) is 0 Å². The highest BCUT2D eigenvalue weighted by molar-refractivity contribution is 6.01. The van der Waals surface area contributed by atoms with Gasteiger partial charge in [-0.2, -0.15) is 5.10 Å². The molecule has 4 aromatic carbocycles. The predicted octanol–water partition coefficient (Wildman–Crippen LogP) is 7.15. The quantitative estimate of drug-likeness (QED) is 0.207. The van der Waals surface area contributed by atoms with Gasteiger partial charge in [-0.15, -0.1) is 0 Å². The Morgan fingerprint density at radius 3 is 2.55 bits per heavy atom. The van der Waals surface area contributed by atoms with Gasteiger partial charge in [-0.05, 0) is 90.8 Å². The fourth-order valence-electron chi connectivity index (χ4n) is 5.74. The third-order valence-corrected chi connectivity index (χ3v) is 7.89. The molecule has 0 bridgehead atoms. The molecular weight excluding hydrogens is 524 g/mol. The van der Waals surface area contributed by atoms with Crippen molar-refractivity contribution in [3.63, 3.8) is 0 Å². The summed E-state index contributed by atoms with van der Waals surface area (Å²) in [6.07, 6.45) is 2.82. The molecule has 0 unspecified atom stereocenters. The summed E-state index contributed by atoms with van der Waals surface area (Å²) < 4.78 is 8.39. The van der Waals surface area contributed by atoms with Crippen LogP contribution in [0.1, 0.15) is 24.1 Å². The molecule has 6 rings (SSSR count). The Bertz CT molecular complexity index is 1760. The Kier molecular flexibility index (Phi) is 7.93. The Labute approximate surface area is 246 Å². The average molecular weight is 561 g/mol. The molecule has 2 heterocycles. The normalized spacial score (nSPS) is 13.6. The number of fused-ring (bicyclic) bond motifs is 2. The maximum absolute atomic E-state index is 11.5. The second-order valence-corrected chi connectivity index (χ2v) is 11.1. The molecular formula is C35H36N4O3. The Morgan fingerprint density at radius 2 is 1.79 bits per heavy atom. The van der Waals surface area contributed by atoms with Crippen LogP contribution in [-0.2, 0) is 13.2 Å². The SMILES string of the molecule is CN(C)CCCn1nc2cc(-c3cc(OCc4ccccc4)cc4ccccc34)ccc2c1C1=CCN(C(=O)O)CC1. The number of amides is 1. The van der Waals surface area contributed by atoms with Crippen LogP contribution < -0.4 is 4.74 Å². The van der Waals surface area contributed by atoms with E-state index in [1.54, 1.807) is 0 Å². The van der Waals surface area contributed by atoms with Gasteiger partial charge in [0.2, 0.25) is 0 Å². The first-order valence-corrected chi connectivity index (χ1v) is 14.5. The maximum Gasteiger partial charge on any atom is 0.407 e. The minimum atomic E-state index is -0.874. The van der Waals surface area contributed by atoms with Crippen LogP contribution in [0.5, 0.6) is 5.75 Å². The molecule has 1 aromatic heterocycles.